The summed E-state index contributed by atoms with van der Waals surface area (Å²) in [4.78, 5) is 23.1. The topological polar surface area (TPSA) is 78.4 Å². The van der Waals surface area contributed by atoms with Crippen molar-refractivity contribution >= 4 is 11.9 Å². The van der Waals surface area contributed by atoms with E-state index < -0.39 is 18.1 Å². The summed E-state index contributed by atoms with van der Waals surface area (Å²) in [5.41, 5.74) is 3.25. The van der Waals surface area contributed by atoms with E-state index in [4.69, 9.17) is 5.11 Å². The first-order valence-electron chi connectivity index (χ1n) is 8.04. The molecule has 124 valence electrons. The molecule has 0 radical (unpaired) electrons. The van der Waals surface area contributed by atoms with Crippen LogP contribution in [-0.2, 0) is 16.1 Å². The number of rotatable bonds is 5. The molecule has 2 atom stereocenters. The maximum atomic E-state index is 12.2. The first-order chi connectivity index (χ1) is 11.6. The molecular formula is C19H20N2O3. The molecule has 5 heteroatoms. The molecule has 0 bridgehead atoms. The molecular weight excluding hydrogens is 304 g/mol. The van der Waals surface area contributed by atoms with Crippen LogP contribution < -0.4 is 10.6 Å². The second-order valence-electron chi connectivity index (χ2n) is 5.97. The minimum Gasteiger partial charge on any atom is -0.480 e. The summed E-state index contributed by atoms with van der Waals surface area (Å²) in [5, 5.41) is 14.7. The summed E-state index contributed by atoms with van der Waals surface area (Å²) >= 11 is 0. The van der Waals surface area contributed by atoms with Crippen LogP contribution in [0.25, 0.3) is 11.1 Å². The largest absolute Gasteiger partial charge is 0.480 e. The Bertz CT molecular complexity index is 730. The van der Waals surface area contributed by atoms with E-state index in [9.17, 15) is 9.59 Å². The highest BCUT2D eigenvalue weighted by Gasteiger charge is 2.32. The number of hydrogen-bond donors (Lipinski definition) is 3. The van der Waals surface area contributed by atoms with E-state index in [1.807, 2.05) is 48.5 Å². The number of carbonyl (C=O) groups excluding carboxylic acids is 1. The van der Waals surface area contributed by atoms with E-state index in [0.717, 1.165) is 16.7 Å². The number of benzene rings is 2. The van der Waals surface area contributed by atoms with Gasteiger partial charge in [-0.05, 0) is 35.6 Å². The maximum absolute atomic E-state index is 12.2. The first kappa shape index (κ1) is 16.2. The zero-order chi connectivity index (χ0) is 16.9. The van der Waals surface area contributed by atoms with Gasteiger partial charge in [-0.3, -0.25) is 14.9 Å². The van der Waals surface area contributed by atoms with Gasteiger partial charge in [-0.2, -0.15) is 0 Å². The number of aliphatic carboxylic acids is 1. The number of carboxylic acids is 1. The molecule has 1 saturated heterocycles. The summed E-state index contributed by atoms with van der Waals surface area (Å²) in [6.45, 7) is 0.426. The van der Waals surface area contributed by atoms with Crippen LogP contribution in [0.15, 0.2) is 54.6 Å². The van der Waals surface area contributed by atoms with Crippen LogP contribution in [0.5, 0.6) is 0 Å². The highest BCUT2D eigenvalue weighted by Crippen LogP contribution is 2.20. The lowest BCUT2D eigenvalue weighted by atomic mass is 10.0. The third-order valence-electron chi connectivity index (χ3n) is 4.26. The second-order valence-corrected chi connectivity index (χ2v) is 5.97. The van der Waals surface area contributed by atoms with Gasteiger partial charge in [-0.15, -0.1) is 0 Å². The molecule has 3 N–H and O–H groups in total. The van der Waals surface area contributed by atoms with E-state index in [-0.39, 0.29) is 5.91 Å². The zero-order valence-electron chi connectivity index (χ0n) is 13.2. The lowest BCUT2D eigenvalue weighted by molar-refractivity contribution is -0.139. The Labute approximate surface area is 140 Å². The van der Waals surface area contributed by atoms with Gasteiger partial charge in [-0.1, -0.05) is 48.5 Å². The molecule has 1 aliphatic rings. The maximum Gasteiger partial charge on any atom is 0.320 e. The third kappa shape index (κ3) is 3.81. The summed E-state index contributed by atoms with van der Waals surface area (Å²) < 4.78 is 0. The van der Waals surface area contributed by atoms with Gasteiger partial charge in [-0.25, -0.2) is 0 Å². The van der Waals surface area contributed by atoms with Crippen molar-refractivity contribution in [3.8, 4) is 11.1 Å². The fraction of sp³-hybridized carbons (Fsp3) is 0.263. The number of carboxylic acid groups (broad SMARTS) is 1. The van der Waals surface area contributed by atoms with Crippen LogP contribution in [0.4, 0.5) is 0 Å². The van der Waals surface area contributed by atoms with E-state index in [1.165, 1.54) is 0 Å². The summed E-state index contributed by atoms with van der Waals surface area (Å²) in [5.74, 6) is -1.05. The monoisotopic (exact) mass is 324 g/mol. The van der Waals surface area contributed by atoms with Crippen molar-refractivity contribution in [1.29, 1.82) is 0 Å². The molecule has 3 rings (SSSR count). The van der Waals surface area contributed by atoms with Crippen molar-refractivity contribution in [2.45, 2.75) is 31.5 Å². The Balaban J connectivity index is 1.59. The lowest BCUT2D eigenvalue weighted by Crippen LogP contribution is -2.44. The Morgan fingerprint density at radius 1 is 1.00 bits per heavy atom. The molecule has 0 aromatic heterocycles. The fourth-order valence-electron chi connectivity index (χ4n) is 2.95. The van der Waals surface area contributed by atoms with E-state index in [1.54, 1.807) is 0 Å². The van der Waals surface area contributed by atoms with E-state index in [0.29, 0.717) is 19.4 Å². The quantitative estimate of drug-likeness (QED) is 0.788. The van der Waals surface area contributed by atoms with Gasteiger partial charge in [0.15, 0.2) is 0 Å². The number of hydrogen-bond acceptors (Lipinski definition) is 3. The van der Waals surface area contributed by atoms with Gasteiger partial charge in [0, 0.05) is 6.54 Å². The zero-order valence-corrected chi connectivity index (χ0v) is 13.2. The Morgan fingerprint density at radius 3 is 2.42 bits per heavy atom. The molecule has 1 heterocycles. The van der Waals surface area contributed by atoms with Crippen molar-refractivity contribution in [2.75, 3.05) is 0 Å². The molecule has 2 aromatic rings. The molecule has 1 amide bonds. The third-order valence-corrected chi connectivity index (χ3v) is 4.26. The van der Waals surface area contributed by atoms with Crippen LogP contribution in [0.3, 0.4) is 0 Å². The average Bonchev–Trinajstić information content (AvgIpc) is 3.11. The summed E-state index contributed by atoms with van der Waals surface area (Å²) in [6, 6.07) is 17.0. The number of amides is 1. The van der Waals surface area contributed by atoms with Crippen LogP contribution in [-0.4, -0.2) is 29.1 Å². The van der Waals surface area contributed by atoms with Gasteiger partial charge in [0.1, 0.15) is 6.04 Å². The minimum atomic E-state index is -0.902. The molecule has 0 aliphatic carbocycles. The molecule has 1 aliphatic heterocycles. The number of carbonyl (C=O) groups is 2. The Kier molecular flexibility index (Phi) is 4.91. The summed E-state index contributed by atoms with van der Waals surface area (Å²) in [7, 11) is 0. The lowest BCUT2D eigenvalue weighted by Gasteiger charge is -2.13. The molecule has 24 heavy (non-hydrogen) atoms. The van der Waals surface area contributed by atoms with Crippen molar-refractivity contribution in [3.63, 3.8) is 0 Å². The molecule has 0 saturated carbocycles. The molecule has 0 spiro atoms. The predicted octanol–water partition coefficient (Wildman–Crippen LogP) is 2.17. The first-order valence-corrected chi connectivity index (χ1v) is 8.04. The van der Waals surface area contributed by atoms with E-state index in [2.05, 4.69) is 16.7 Å². The Morgan fingerprint density at radius 2 is 1.71 bits per heavy atom. The second kappa shape index (κ2) is 7.27. The van der Waals surface area contributed by atoms with E-state index >= 15 is 0 Å². The molecule has 5 nitrogen and oxygen atoms in total. The fourth-order valence-corrected chi connectivity index (χ4v) is 2.95. The van der Waals surface area contributed by atoms with Gasteiger partial charge < -0.3 is 10.4 Å². The average molecular weight is 324 g/mol. The van der Waals surface area contributed by atoms with Crippen LogP contribution in [0.1, 0.15) is 18.4 Å². The normalized spacial score (nSPS) is 19.8. The van der Waals surface area contributed by atoms with Gasteiger partial charge in [0.05, 0.1) is 6.04 Å². The van der Waals surface area contributed by atoms with Crippen LogP contribution in [0, 0.1) is 0 Å². The van der Waals surface area contributed by atoms with Crippen molar-refractivity contribution < 1.29 is 14.7 Å². The number of nitrogens with one attached hydrogen (secondary N) is 2. The highest BCUT2D eigenvalue weighted by atomic mass is 16.4. The van der Waals surface area contributed by atoms with Crippen molar-refractivity contribution in [2.24, 2.45) is 0 Å². The SMILES string of the molecule is O=C(O)[C@@H]1CC[C@H](C(=O)NCc2cccc(-c3ccccc3)c2)N1. The molecule has 1 fully saturated rings. The van der Waals surface area contributed by atoms with Crippen molar-refractivity contribution in [1.82, 2.24) is 10.6 Å². The van der Waals surface area contributed by atoms with Crippen molar-refractivity contribution in [3.05, 3.63) is 60.2 Å². The van der Waals surface area contributed by atoms with Crippen LogP contribution in [0.2, 0.25) is 0 Å². The van der Waals surface area contributed by atoms with Gasteiger partial charge >= 0.3 is 5.97 Å². The van der Waals surface area contributed by atoms with Crippen LogP contribution >= 0.6 is 0 Å². The van der Waals surface area contributed by atoms with Gasteiger partial charge in [0.25, 0.3) is 0 Å². The summed E-state index contributed by atoms with van der Waals surface area (Å²) in [6.07, 6.45) is 1.03. The predicted molar refractivity (Wildman–Crippen MR) is 91.3 cm³/mol. The standard InChI is InChI=1S/C19H20N2O3/c22-18(16-9-10-17(21-16)19(23)24)20-12-13-5-4-8-15(11-13)14-6-2-1-3-7-14/h1-8,11,16-17,21H,9-10,12H2,(H,20,22)(H,23,24)/t16-,17+/m1/s1. The molecule has 0 unspecified atom stereocenters. The smallest absolute Gasteiger partial charge is 0.320 e. The minimum absolute atomic E-state index is 0.149. The Hall–Kier alpha value is -2.66. The highest BCUT2D eigenvalue weighted by molar-refractivity contribution is 5.84. The molecule has 2 aromatic carbocycles. The van der Waals surface area contributed by atoms with Gasteiger partial charge in [0.2, 0.25) is 5.91 Å².